The van der Waals surface area contributed by atoms with E-state index < -0.39 is 6.09 Å². The van der Waals surface area contributed by atoms with Crippen LogP contribution in [0, 0.1) is 5.82 Å². The number of nitrogens with zero attached hydrogens (tertiary/aromatic N) is 1. The van der Waals surface area contributed by atoms with Gasteiger partial charge in [0.1, 0.15) is 12.4 Å². The smallest absolute Gasteiger partial charge is 0.411 e. The molecule has 0 aliphatic rings. The van der Waals surface area contributed by atoms with Crippen molar-refractivity contribution in [2.75, 3.05) is 16.2 Å². The van der Waals surface area contributed by atoms with Crippen LogP contribution in [-0.4, -0.2) is 11.1 Å². The van der Waals surface area contributed by atoms with Gasteiger partial charge in [0, 0.05) is 16.5 Å². The number of hydrogen-bond donors (Lipinski definition) is 3. The zero-order valence-electron chi connectivity index (χ0n) is 18.1. The van der Waals surface area contributed by atoms with Gasteiger partial charge in [0.25, 0.3) is 0 Å². The first-order valence-electron chi connectivity index (χ1n) is 10.7. The van der Waals surface area contributed by atoms with Crippen LogP contribution >= 0.6 is 0 Å². The van der Waals surface area contributed by atoms with Gasteiger partial charge in [-0.2, -0.15) is 0 Å². The quantitative estimate of drug-likeness (QED) is 0.197. The predicted octanol–water partition coefficient (Wildman–Crippen LogP) is 6.71. The van der Waals surface area contributed by atoms with Crippen molar-refractivity contribution in [3.8, 4) is 0 Å². The molecule has 0 radical (unpaired) electrons. The Morgan fingerprint density at radius 1 is 0.765 bits per heavy atom. The van der Waals surface area contributed by atoms with Crippen molar-refractivity contribution in [2.24, 2.45) is 0 Å². The molecule has 1 aromatic heterocycles. The Bertz CT molecular complexity index is 1420. The number of aromatic nitrogens is 1. The van der Waals surface area contributed by atoms with Crippen LogP contribution in [0.15, 0.2) is 97.1 Å². The molecule has 6 nitrogen and oxygen atoms in total. The van der Waals surface area contributed by atoms with Crippen molar-refractivity contribution < 1.29 is 13.9 Å². The lowest BCUT2D eigenvalue weighted by molar-refractivity contribution is 0.155. The summed E-state index contributed by atoms with van der Waals surface area (Å²) in [5, 5.41) is 4.58. The molecule has 4 aromatic carbocycles. The fraction of sp³-hybridized carbons (Fsp3) is 0.0370. The third-order valence-electron chi connectivity index (χ3n) is 5.31. The minimum atomic E-state index is -0.613. The Morgan fingerprint density at radius 2 is 1.44 bits per heavy atom. The van der Waals surface area contributed by atoms with Crippen LogP contribution in [0.2, 0.25) is 0 Å². The fourth-order valence-corrected chi connectivity index (χ4v) is 3.68. The van der Waals surface area contributed by atoms with Gasteiger partial charge >= 0.3 is 6.09 Å². The summed E-state index contributed by atoms with van der Waals surface area (Å²) in [5.74, 6) is -0.371. The Hall–Kier alpha value is -4.65. The minimum Gasteiger partial charge on any atom is -0.444 e. The lowest BCUT2D eigenvalue weighted by atomic mass is 10.1. The number of carbonyl (C=O) groups excluding carboxylic acids is 1. The van der Waals surface area contributed by atoms with Gasteiger partial charge in [-0.3, -0.25) is 10.7 Å². The normalized spacial score (nSPS) is 10.7. The zero-order chi connectivity index (χ0) is 23.3. The van der Waals surface area contributed by atoms with Crippen molar-refractivity contribution in [3.63, 3.8) is 0 Å². The molecule has 0 aliphatic heterocycles. The number of rotatable bonds is 6. The molecule has 7 heteroatoms. The number of benzene rings is 4. The van der Waals surface area contributed by atoms with Gasteiger partial charge in [-0.15, -0.1) is 0 Å². The van der Waals surface area contributed by atoms with E-state index in [1.807, 2.05) is 72.8 Å². The third kappa shape index (κ3) is 4.73. The van der Waals surface area contributed by atoms with E-state index in [9.17, 15) is 9.18 Å². The van der Waals surface area contributed by atoms with E-state index in [0.29, 0.717) is 5.69 Å². The highest BCUT2D eigenvalue weighted by molar-refractivity contribution is 6.07. The molecule has 5 rings (SSSR count). The second kappa shape index (κ2) is 9.46. The Labute approximate surface area is 195 Å². The molecule has 0 spiro atoms. The summed E-state index contributed by atoms with van der Waals surface area (Å²) >= 11 is 0. The molecule has 5 aromatic rings. The van der Waals surface area contributed by atoms with Crippen molar-refractivity contribution in [3.05, 3.63) is 108 Å². The highest BCUT2D eigenvalue weighted by atomic mass is 19.1. The molecule has 0 fully saturated rings. The number of pyridine rings is 1. The number of ether oxygens (including phenoxy) is 1. The highest BCUT2D eigenvalue weighted by Gasteiger charge is 2.09. The maximum Gasteiger partial charge on any atom is 0.411 e. The largest absolute Gasteiger partial charge is 0.444 e. The van der Waals surface area contributed by atoms with E-state index in [-0.39, 0.29) is 12.4 Å². The molecular formula is C27H21FN4O2. The van der Waals surface area contributed by atoms with E-state index in [1.165, 1.54) is 24.3 Å². The molecule has 0 bridgehead atoms. The molecule has 1 heterocycles. The molecule has 3 N–H and O–H groups in total. The van der Waals surface area contributed by atoms with Crippen LogP contribution in [0.3, 0.4) is 0 Å². The van der Waals surface area contributed by atoms with Gasteiger partial charge in [-0.1, -0.05) is 48.5 Å². The molecule has 0 saturated heterocycles. The molecule has 0 atom stereocenters. The zero-order valence-corrected chi connectivity index (χ0v) is 18.1. The first kappa shape index (κ1) is 21.2. The summed E-state index contributed by atoms with van der Waals surface area (Å²) in [6.45, 7) is 0.0870. The average Bonchev–Trinajstić information content (AvgIpc) is 2.87. The van der Waals surface area contributed by atoms with Gasteiger partial charge in [-0.05, 0) is 54.1 Å². The van der Waals surface area contributed by atoms with Crippen LogP contribution in [-0.2, 0) is 11.3 Å². The van der Waals surface area contributed by atoms with Gasteiger partial charge in [0.2, 0.25) is 0 Å². The van der Waals surface area contributed by atoms with Crippen LogP contribution in [0.5, 0.6) is 0 Å². The number of hydrazine groups is 1. The number of nitrogens with one attached hydrogen (secondary N) is 3. The second-order valence-electron chi connectivity index (χ2n) is 7.68. The average molecular weight is 452 g/mol. The summed E-state index contributed by atoms with van der Waals surface area (Å²) < 4.78 is 18.3. The Kier molecular flexibility index (Phi) is 5.90. The summed E-state index contributed by atoms with van der Waals surface area (Å²) in [4.78, 5) is 16.8. The van der Waals surface area contributed by atoms with Gasteiger partial charge < -0.3 is 10.2 Å². The fourth-order valence-electron chi connectivity index (χ4n) is 3.68. The van der Waals surface area contributed by atoms with Crippen LogP contribution in [0.4, 0.5) is 26.2 Å². The highest BCUT2D eigenvalue weighted by Crippen LogP contribution is 2.30. The van der Waals surface area contributed by atoms with Crippen LogP contribution < -0.4 is 16.2 Å². The number of halogens is 1. The number of para-hydroxylation sites is 2. The lowest BCUT2D eigenvalue weighted by Crippen LogP contribution is -2.14. The lowest BCUT2D eigenvalue weighted by Gasteiger charge is -2.15. The summed E-state index contributed by atoms with van der Waals surface area (Å²) in [7, 11) is 0. The molecule has 1 amide bonds. The first-order valence-corrected chi connectivity index (χ1v) is 10.7. The maximum absolute atomic E-state index is 13.0. The standard InChI is InChI=1S/C27H21FN4O2/c28-19-12-14-20(15-13-19)29-27(33)34-17-18-6-5-7-21(16-18)31-32-26-22-8-1-3-10-24(22)30-25-11-4-2-9-23(25)26/h1-16,31H,17H2,(H,29,33)(H,30,32). The van der Waals surface area contributed by atoms with Gasteiger partial charge in [-0.25, -0.2) is 14.2 Å². The first-order chi connectivity index (χ1) is 16.7. The van der Waals surface area contributed by atoms with E-state index in [0.717, 1.165) is 38.7 Å². The Balaban J connectivity index is 1.28. The van der Waals surface area contributed by atoms with E-state index >= 15 is 0 Å². The summed E-state index contributed by atoms with van der Waals surface area (Å²) in [6, 6.07) is 29.0. The monoisotopic (exact) mass is 452 g/mol. The molecule has 168 valence electrons. The summed E-state index contributed by atoms with van der Waals surface area (Å²) in [5.41, 5.74) is 11.4. The van der Waals surface area contributed by atoms with Crippen molar-refractivity contribution >= 4 is 45.0 Å². The molecule has 0 unspecified atom stereocenters. The summed E-state index contributed by atoms with van der Waals surface area (Å²) in [6.07, 6.45) is -0.613. The third-order valence-corrected chi connectivity index (χ3v) is 5.31. The SMILES string of the molecule is O=C(Nc1ccc(F)cc1)OCc1cccc(NNc2c3ccccc3nc3ccccc23)c1. The van der Waals surface area contributed by atoms with Crippen LogP contribution in [0.25, 0.3) is 21.8 Å². The molecule has 0 aliphatic carbocycles. The van der Waals surface area contributed by atoms with Gasteiger partial charge in [0.15, 0.2) is 0 Å². The maximum atomic E-state index is 13.0. The molecular weight excluding hydrogens is 431 g/mol. The van der Waals surface area contributed by atoms with Crippen molar-refractivity contribution in [1.82, 2.24) is 4.98 Å². The van der Waals surface area contributed by atoms with E-state index in [4.69, 9.17) is 9.72 Å². The van der Waals surface area contributed by atoms with Crippen LogP contribution in [0.1, 0.15) is 5.56 Å². The molecule has 34 heavy (non-hydrogen) atoms. The number of fused-ring (bicyclic) bond motifs is 2. The Morgan fingerprint density at radius 3 is 2.15 bits per heavy atom. The minimum absolute atomic E-state index is 0.0870. The number of hydrogen-bond acceptors (Lipinski definition) is 5. The predicted molar refractivity (Wildman–Crippen MR) is 133 cm³/mol. The van der Waals surface area contributed by atoms with Crippen molar-refractivity contribution in [1.29, 1.82) is 0 Å². The van der Waals surface area contributed by atoms with E-state index in [1.54, 1.807) is 0 Å². The van der Waals surface area contributed by atoms with Gasteiger partial charge in [0.05, 0.1) is 22.4 Å². The number of amides is 1. The number of anilines is 3. The van der Waals surface area contributed by atoms with E-state index in [2.05, 4.69) is 16.2 Å². The van der Waals surface area contributed by atoms with Crippen molar-refractivity contribution in [2.45, 2.75) is 6.61 Å². The second-order valence-corrected chi connectivity index (χ2v) is 7.68. The number of carbonyl (C=O) groups is 1. The topological polar surface area (TPSA) is 75.3 Å². The molecule has 0 saturated carbocycles.